The Bertz CT molecular complexity index is 761. The Morgan fingerprint density at radius 3 is 2.54 bits per heavy atom. The highest BCUT2D eigenvalue weighted by atomic mass is 35.5. The van der Waals surface area contributed by atoms with Gasteiger partial charge in [-0.25, -0.2) is 22.0 Å². The van der Waals surface area contributed by atoms with Crippen molar-refractivity contribution in [2.75, 3.05) is 13.1 Å². The summed E-state index contributed by atoms with van der Waals surface area (Å²) >= 11 is 0.741. The van der Waals surface area contributed by atoms with E-state index in [-0.39, 0.29) is 26.9 Å². The lowest BCUT2D eigenvalue weighted by molar-refractivity contribution is 0.433. The second-order valence-electron chi connectivity index (χ2n) is 5.54. The van der Waals surface area contributed by atoms with Gasteiger partial charge in [-0.05, 0) is 32.0 Å². The molecule has 0 unspecified atom stereocenters. The summed E-state index contributed by atoms with van der Waals surface area (Å²) in [5, 5.41) is 10.8. The molecule has 0 fully saturated rings. The molecular formula is C13H24ClN3O4S3. The van der Waals surface area contributed by atoms with Gasteiger partial charge in [0.15, 0.2) is 0 Å². The summed E-state index contributed by atoms with van der Waals surface area (Å²) in [5.74, 6) is 0. The molecule has 4 N–H and O–H groups in total. The molecule has 140 valence electrons. The molecule has 1 aromatic rings. The van der Waals surface area contributed by atoms with E-state index in [9.17, 15) is 16.8 Å². The van der Waals surface area contributed by atoms with Crippen LogP contribution in [0.3, 0.4) is 0 Å². The first-order valence-corrected chi connectivity index (χ1v) is 11.5. The van der Waals surface area contributed by atoms with Crippen molar-refractivity contribution in [3.8, 4) is 0 Å². The Balaban J connectivity index is 0.00000288. The maximum absolute atomic E-state index is 12.8. The van der Waals surface area contributed by atoms with Gasteiger partial charge in [-0.15, -0.1) is 23.7 Å². The zero-order valence-corrected chi connectivity index (χ0v) is 16.9. The highest BCUT2D eigenvalue weighted by Crippen LogP contribution is 2.41. The Morgan fingerprint density at radius 2 is 2.00 bits per heavy atom. The molecule has 2 atom stereocenters. The molecule has 1 aliphatic rings. The summed E-state index contributed by atoms with van der Waals surface area (Å²) < 4.78 is 48.7. The highest BCUT2D eigenvalue weighted by molar-refractivity contribution is 7.95. The molecule has 0 amide bonds. The first-order valence-electron chi connectivity index (χ1n) is 7.59. The molecule has 7 nitrogen and oxygen atoms in total. The van der Waals surface area contributed by atoms with Crippen LogP contribution >= 0.6 is 23.7 Å². The largest absolute Gasteiger partial charge is 0.310 e. The minimum atomic E-state index is -3.92. The predicted octanol–water partition coefficient (Wildman–Crippen LogP) is 1.36. The Kier molecular flexibility index (Phi) is 7.67. The second-order valence-corrected chi connectivity index (χ2v) is 10.7. The third kappa shape index (κ3) is 4.48. The second kappa shape index (κ2) is 8.43. The highest BCUT2D eigenvalue weighted by Gasteiger charge is 2.41. The van der Waals surface area contributed by atoms with Crippen LogP contribution in [0.2, 0.25) is 0 Å². The molecule has 1 aliphatic heterocycles. The molecular weight excluding hydrogens is 394 g/mol. The normalized spacial score (nSPS) is 22.6. The minimum absolute atomic E-state index is 0. The summed E-state index contributed by atoms with van der Waals surface area (Å²) in [5.41, 5.74) is 0.509. The average molecular weight is 418 g/mol. The van der Waals surface area contributed by atoms with Gasteiger partial charge in [0.1, 0.15) is 13.8 Å². The molecule has 1 aromatic heterocycles. The van der Waals surface area contributed by atoms with Crippen LogP contribution in [0, 0.1) is 0 Å². The van der Waals surface area contributed by atoms with Crippen LogP contribution in [-0.4, -0.2) is 35.3 Å². The lowest BCUT2D eigenvalue weighted by Gasteiger charge is -2.30. The molecule has 0 bridgehead atoms. The van der Waals surface area contributed by atoms with E-state index in [0.29, 0.717) is 25.1 Å². The van der Waals surface area contributed by atoms with Gasteiger partial charge in [0.2, 0.25) is 19.9 Å². The molecule has 11 heteroatoms. The fourth-order valence-corrected chi connectivity index (χ4v) is 7.15. The standard InChI is InChI=1S/C13H23N3O4S3.ClH/c1-3-5-6-16-11-8-10(15-4-2)9-7-12(23(14,19)20)21-13(9)22(11,17)18;/h7,10-11,15-16H,3-6,8H2,1-2H3,(H2,14,19,20);1H/t10-,11-;/m0./s1. The van der Waals surface area contributed by atoms with Crippen LogP contribution in [0.15, 0.2) is 14.5 Å². The van der Waals surface area contributed by atoms with Crippen molar-refractivity contribution in [1.29, 1.82) is 0 Å². The van der Waals surface area contributed by atoms with E-state index >= 15 is 0 Å². The number of sulfone groups is 1. The number of hydrogen-bond donors (Lipinski definition) is 3. The Hall–Kier alpha value is -0.230. The average Bonchev–Trinajstić information content (AvgIpc) is 2.90. The number of unbranched alkanes of at least 4 members (excludes halogenated alkanes) is 1. The quantitative estimate of drug-likeness (QED) is 0.576. The zero-order chi connectivity index (χ0) is 17.3. The van der Waals surface area contributed by atoms with Crippen LogP contribution in [-0.2, 0) is 19.9 Å². The number of nitrogens with one attached hydrogen (secondary N) is 2. The Labute approximate surface area is 153 Å². The predicted molar refractivity (Wildman–Crippen MR) is 97.9 cm³/mol. The van der Waals surface area contributed by atoms with Crippen molar-refractivity contribution < 1.29 is 16.8 Å². The van der Waals surface area contributed by atoms with E-state index in [4.69, 9.17) is 5.14 Å². The number of fused-ring (bicyclic) bond motifs is 1. The first kappa shape index (κ1) is 21.8. The Morgan fingerprint density at radius 1 is 1.33 bits per heavy atom. The van der Waals surface area contributed by atoms with Gasteiger partial charge in [-0.2, -0.15) is 0 Å². The summed E-state index contributed by atoms with van der Waals surface area (Å²) in [6.07, 6.45) is 2.22. The summed E-state index contributed by atoms with van der Waals surface area (Å²) in [6.45, 7) is 5.23. The topological polar surface area (TPSA) is 118 Å². The number of thiophene rings is 1. The third-order valence-electron chi connectivity index (χ3n) is 3.79. The van der Waals surface area contributed by atoms with Gasteiger partial charge in [0.05, 0.1) is 0 Å². The van der Waals surface area contributed by atoms with Gasteiger partial charge in [0, 0.05) is 11.6 Å². The summed E-state index contributed by atoms with van der Waals surface area (Å²) in [7, 11) is -7.52. The molecule has 2 heterocycles. The lowest BCUT2D eigenvalue weighted by atomic mass is 10.1. The van der Waals surface area contributed by atoms with E-state index in [1.54, 1.807) is 0 Å². The number of hydrogen-bond acceptors (Lipinski definition) is 7. The van der Waals surface area contributed by atoms with Crippen LogP contribution in [0.25, 0.3) is 0 Å². The fraction of sp³-hybridized carbons (Fsp3) is 0.692. The van der Waals surface area contributed by atoms with E-state index in [1.807, 2.05) is 13.8 Å². The van der Waals surface area contributed by atoms with E-state index in [2.05, 4.69) is 10.6 Å². The summed E-state index contributed by atoms with van der Waals surface area (Å²) in [6, 6.07) is 1.19. The lowest BCUT2D eigenvalue weighted by Crippen LogP contribution is -2.43. The monoisotopic (exact) mass is 417 g/mol. The fourth-order valence-electron chi connectivity index (χ4n) is 2.64. The maximum atomic E-state index is 12.8. The van der Waals surface area contributed by atoms with Crippen molar-refractivity contribution in [2.45, 2.75) is 52.9 Å². The number of nitrogens with two attached hydrogens (primary N) is 1. The van der Waals surface area contributed by atoms with Gasteiger partial charge < -0.3 is 10.6 Å². The molecule has 24 heavy (non-hydrogen) atoms. The number of halogens is 1. The van der Waals surface area contributed by atoms with Crippen LogP contribution in [0.5, 0.6) is 0 Å². The SMILES string of the molecule is CCCCN[C@@H]1C[C@H](NCC)c2cc(S(N)(=O)=O)sc2S1(=O)=O.Cl. The zero-order valence-electron chi connectivity index (χ0n) is 13.6. The van der Waals surface area contributed by atoms with E-state index < -0.39 is 25.2 Å². The van der Waals surface area contributed by atoms with Gasteiger partial charge >= 0.3 is 0 Å². The number of rotatable bonds is 7. The van der Waals surface area contributed by atoms with Crippen LogP contribution in [0.4, 0.5) is 0 Å². The number of primary sulfonamides is 1. The smallest absolute Gasteiger partial charge is 0.247 e. The van der Waals surface area contributed by atoms with Crippen LogP contribution in [0.1, 0.15) is 44.7 Å². The molecule has 0 spiro atoms. The molecule has 0 radical (unpaired) electrons. The molecule has 2 rings (SSSR count). The minimum Gasteiger partial charge on any atom is -0.310 e. The van der Waals surface area contributed by atoms with Gasteiger partial charge in [0.25, 0.3) is 0 Å². The molecule has 0 saturated heterocycles. The van der Waals surface area contributed by atoms with Crippen molar-refractivity contribution >= 4 is 43.6 Å². The van der Waals surface area contributed by atoms with E-state index in [0.717, 1.165) is 24.2 Å². The van der Waals surface area contributed by atoms with Gasteiger partial charge in [-0.3, -0.25) is 0 Å². The third-order valence-corrected chi connectivity index (χ3v) is 8.97. The van der Waals surface area contributed by atoms with E-state index in [1.165, 1.54) is 6.07 Å². The molecule has 0 aliphatic carbocycles. The van der Waals surface area contributed by atoms with Crippen LogP contribution < -0.4 is 15.8 Å². The van der Waals surface area contributed by atoms with Crippen molar-refractivity contribution in [2.24, 2.45) is 5.14 Å². The summed E-state index contributed by atoms with van der Waals surface area (Å²) in [4.78, 5) is 0. The first-order chi connectivity index (χ1) is 10.7. The maximum Gasteiger partial charge on any atom is 0.247 e. The van der Waals surface area contributed by atoms with Crippen molar-refractivity contribution in [3.05, 3.63) is 11.6 Å². The van der Waals surface area contributed by atoms with Crippen molar-refractivity contribution in [3.63, 3.8) is 0 Å². The molecule has 0 aromatic carbocycles. The molecule has 0 saturated carbocycles. The van der Waals surface area contributed by atoms with Crippen molar-refractivity contribution in [1.82, 2.24) is 10.6 Å². The van der Waals surface area contributed by atoms with Gasteiger partial charge in [-0.1, -0.05) is 20.3 Å². The number of sulfonamides is 1.